The topological polar surface area (TPSA) is 102 Å². The van der Waals surface area contributed by atoms with Crippen LogP contribution in [0, 0.1) is 35.1 Å². The first kappa shape index (κ1) is 23.0. The maximum absolute atomic E-state index is 13.8. The zero-order valence-electron chi connectivity index (χ0n) is 16.6. The highest BCUT2D eigenvalue weighted by atomic mass is 19.2. The average molecular weight is 445 g/mol. The van der Waals surface area contributed by atoms with Crippen molar-refractivity contribution in [2.75, 3.05) is 26.2 Å². The van der Waals surface area contributed by atoms with Crippen LogP contribution in [-0.4, -0.2) is 54.8 Å². The third-order valence-electron chi connectivity index (χ3n) is 5.85. The molecule has 0 spiro atoms. The summed E-state index contributed by atoms with van der Waals surface area (Å²) in [6.45, 7) is 0.348. The smallest absolute Gasteiger partial charge is 0.223 e. The molecule has 3 rings (SSSR count). The maximum atomic E-state index is 13.8. The first-order chi connectivity index (χ1) is 14.7. The minimum atomic E-state index is -1.74. The monoisotopic (exact) mass is 445 g/mol. The van der Waals surface area contributed by atoms with Crippen LogP contribution < -0.4 is 15.8 Å². The quantitative estimate of drug-likeness (QED) is 0.464. The Morgan fingerprint density at radius 1 is 1.13 bits per heavy atom. The van der Waals surface area contributed by atoms with Gasteiger partial charge in [0, 0.05) is 24.4 Å². The minimum Gasteiger partial charge on any atom is -0.479 e. The summed E-state index contributed by atoms with van der Waals surface area (Å²) in [5.74, 6) is -10.0. The first-order valence-electron chi connectivity index (χ1n) is 9.98. The Labute approximate surface area is 175 Å². The number of ketones is 1. The van der Waals surface area contributed by atoms with Gasteiger partial charge in [0.05, 0.1) is 6.04 Å². The van der Waals surface area contributed by atoms with Gasteiger partial charge in [0.2, 0.25) is 23.4 Å². The molecule has 0 aromatic heterocycles. The highest BCUT2D eigenvalue weighted by Crippen LogP contribution is 2.28. The molecule has 3 N–H and O–H groups in total. The van der Waals surface area contributed by atoms with E-state index in [9.17, 15) is 31.9 Å². The van der Waals surface area contributed by atoms with Crippen LogP contribution in [0.15, 0.2) is 6.07 Å². The second-order valence-electron chi connectivity index (χ2n) is 7.79. The van der Waals surface area contributed by atoms with Gasteiger partial charge in [-0.25, -0.2) is 8.78 Å². The fourth-order valence-corrected chi connectivity index (χ4v) is 4.04. The average Bonchev–Trinajstić information content (AvgIpc) is 3.15. The molecule has 1 aromatic rings. The second-order valence-corrected chi connectivity index (χ2v) is 7.79. The van der Waals surface area contributed by atoms with Gasteiger partial charge in [-0.1, -0.05) is 0 Å². The molecule has 7 nitrogen and oxygen atoms in total. The van der Waals surface area contributed by atoms with Gasteiger partial charge in [0.25, 0.3) is 0 Å². The number of carbonyl (C=O) groups excluding carboxylic acids is 3. The highest BCUT2D eigenvalue weighted by molar-refractivity contribution is 5.87. The van der Waals surface area contributed by atoms with Crippen molar-refractivity contribution in [2.45, 2.75) is 31.7 Å². The van der Waals surface area contributed by atoms with Gasteiger partial charge in [0.1, 0.15) is 6.61 Å². The van der Waals surface area contributed by atoms with E-state index in [2.05, 4.69) is 5.32 Å². The summed E-state index contributed by atoms with van der Waals surface area (Å²) in [4.78, 5) is 38.0. The van der Waals surface area contributed by atoms with Crippen LogP contribution in [-0.2, 0) is 14.4 Å². The highest BCUT2D eigenvalue weighted by Gasteiger charge is 2.36. The Morgan fingerprint density at radius 3 is 2.26 bits per heavy atom. The Kier molecular flexibility index (Phi) is 7.14. The molecule has 2 atom stereocenters. The number of rotatable bonds is 8. The molecule has 31 heavy (non-hydrogen) atoms. The molecule has 2 fully saturated rings. The van der Waals surface area contributed by atoms with Crippen LogP contribution in [0.25, 0.3) is 0 Å². The number of amides is 2. The number of halogens is 4. The van der Waals surface area contributed by atoms with Crippen LogP contribution in [0.3, 0.4) is 0 Å². The predicted molar refractivity (Wildman–Crippen MR) is 99.8 cm³/mol. The number of benzene rings is 1. The normalized spacial score (nSPS) is 21.0. The largest absolute Gasteiger partial charge is 0.479 e. The van der Waals surface area contributed by atoms with Crippen LogP contribution >= 0.6 is 0 Å². The number of nitrogens with one attached hydrogen (secondary N) is 1. The Morgan fingerprint density at radius 2 is 1.74 bits per heavy atom. The molecular formula is C20H23F4N3O4. The van der Waals surface area contributed by atoms with E-state index in [1.54, 1.807) is 4.90 Å². The fourth-order valence-electron chi connectivity index (χ4n) is 4.04. The number of primary amides is 1. The molecule has 2 aliphatic rings. The maximum Gasteiger partial charge on any atom is 0.223 e. The molecule has 170 valence electrons. The van der Waals surface area contributed by atoms with Gasteiger partial charge in [0.15, 0.2) is 23.2 Å². The van der Waals surface area contributed by atoms with E-state index in [0.717, 1.165) is 0 Å². The minimum absolute atomic E-state index is 0.0454. The van der Waals surface area contributed by atoms with Crippen molar-refractivity contribution in [1.82, 2.24) is 10.2 Å². The lowest BCUT2D eigenvalue weighted by molar-refractivity contribution is -0.129. The molecule has 11 heteroatoms. The van der Waals surface area contributed by atoms with E-state index >= 15 is 0 Å². The molecule has 0 saturated carbocycles. The lowest BCUT2D eigenvalue weighted by Crippen LogP contribution is -2.49. The summed E-state index contributed by atoms with van der Waals surface area (Å²) in [6, 6.07) is -0.781. The number of Topliss-reactive ketones (excluding diaryl/α,β-unsaturated/α-hetero) is 1. The zero-order valence-corrected chi connectivity index (χ0v) is 16.6. The SMILES string of the molecule is NC(=O)C1CCN([C@@H](C[C@@H]2CCNC2=O)C(=O)COc2c(F)c(F)cc(F)c2F)CC1. The van der Waals surface area contributed by atoms with E-state index in [-0.39, 0.29) is 24.3 Å². The van der Waals surface area contributed by atoms with Crippen molar-refractivity contribution in [2.24, 2.45) is 17.6 Å². The second kappa shape index (κ2) is 9.63. The van der Waals surface area contributed by atoms with Crippen molar-refractivity contribution >= 4 is 17.6 Å². The van der Waals surface area contributed by atoms with Gasteiger partial charge in [-0.15, -0.1) is 0 Å². The molecule has 1 aromatic carbocycles. The molecule has 2 amide bonds. The molecule has 0 aliphatic carbocycles. The van der Waals surface area contributed by atoms with Crippen molar-refractivity contribution in [3.05, 3.63) is 29.3 Å². The number of nitrogens with two attached hydrogens (primary N) is 1. The fraction of sp³-hybridized carbons (Fsp3) is 0.550. The van der Waals surface area contributed by atoms with Gasteiger partial charge < -0.3 is 15.8 Å². The Bertz CT molecular complexity index is 848. The number of hydrogen-bond acceptors (Lipinski definition) is 5. The van der Waals surface area contributed by atoms with E-state index in [1.807, 2.05) is 0 Å². The Balaban J connectivity index is 1.73. The van der Waals surface area contributed by atoms with Crippen molar-refractivity contribution < 1.29 is 36.7 Å². The van der Waals surface area contributed by atoms with Crippen molar-refractivity contribution in [1.29, 1.82) is 0 Å². The number of piperidine rings is 1. The van der Waals surface area contributed by atoms with E-state index < -0.39 is 59.3 Å². The number of carbonyl (C=O) groups is 3. The van der Waals surface area contributed by atoms with Gasteiger partial charge in [-0.2, -0.15) is 8.78 Å². The van der Waals surface area contributed by atoms with Gasteiger partial charge in [-0.3, -0.25) is 19.3 Å². The first-order valence-corrected chi connectivity index (χ1v) is 9.98. The van der Waals surface area contributed by atoms with Gasteiger partial charge >= 0.3 is 0 Å². The predicted octanol–water partition coefficient (Wildman–Crippen LogP) is 1.28. The lowest BCUT2D eigenvalue weighted by atomic mass is 9.90. The number of nitrogens with zero attached hydrogens (tertiary/aromatic N) is 1. The molecule has 2 aliphatic heterocycles. The number of ether oxygens (including phenoxy) is 1. The lowest BCUT2D eigenvalue weighted by Gasteiger charge is -2.36. The molecule has 2 heterocycles. The third kappa shape index (κ3) is 5.15. The number of hydrogen-bond donors (Lipinski definition) is 2. The molecule has 2 saturated heterocycles. The van der Waals surface area contributed by atoms with Crippen LogP contribution in [0.1, 0.15) is 25.7 Å². The van der Waals surface area contributed by atoms with E-state index in [1.165, 1.54) is 0 Å². The molecule has 0 radical (unpaired) electrons. The molecule has 0 unspecified atom stereocenters. The zero-order chi connectivity index (χ0) is 22.7. The molecule has 0 bridgehead atoms. The summed E-state index contributed by atoms with van der Waals surface area (Å²) in [5.41, 5.74) is 5.33. The summed E-state index contributed by atoms with van der Waals surface area (Å²) in [6.07, 6.45) is 1.53. The van der Waals surface area contributed by atoms with Crippen LogP contribution in [0.5, 0.6) is 5.75 Å². The summed E-state index contributed by atoms with van der Waals surface area (Å²) in [5, 5.41) is 2.68. The van der Waals surface area contributed by atoms with Crippen molar-refractivity contribution in [3.63, 3.8) is 0 Å². The Hall–Kier alpha value is -2.69. The third-order valence-corrected chi connectivity index (χ3v) is 5.85. The summed E-state index contributed by atoms with van der Waals surface area (Å²) >= 11 is 0. The van der Waals surface area contributed by atoms with E-state index in [4.69, 9.17) is 10.5 Å². The molecular weight excluding hydrogens is 422 g/mol. The van der Waals surface area contributed by atoms with E-state index in [0.29, 0.717) is 38.9 Å². The standard InChI is InChI=1S/C20H23F4N3O4/c21-12-8-13(22)17(24)18(16(12)23)31-9-15(28)14(7-11-1-4-26-20(11)30)27-5-2-10(3-6-27)19(25)29/h8,10-11,14H,1-7,9H2,(H2,25,29)(H,26,30)/t11-,14-/m0/s1. The van der Waals surface area contributed by atoms with Crippen LogP contribution in [0.4, 0.5) is 17.6 Å². The number of likely N-dealkylation sites (tertiary alicyclic amines) is 1. The van der Waals surface area contributed by atoms with Crippen LogP contribution in [0.2, 0.25) is 0 Å². The summed E-state index contributed by atoms with van der Waals surface area (Å²) in [7, 11) is 0. The van der Waals surface area contributed by atoms with Gasteiger partial charge in [-0.05, 0) is 38.8 Å². The summed E-state index contributed by atoms with van der Waals surface area (Å²) < 4.78 is 59.2. The van der Waals surface area contributed by atoms with Crippen molar-refractivity contribution in [3.8, 4) is 5.75 Å².